The van der Waals surface area contributed by atoms with Crippen molar-refractivity contribution < 1.29 is 9.84 Å². The molecule has 4 heteroatoms. The van der Waals surface area contributed by atoms with E-state index in [1.54, 1.807) is 19.4 Å². The molecule has 1 aliphatic rings. The Labute approximate surface area is 133 Å². The number of phenols is 1. The molecule has 0 bridgehead atoms. The molecule has 0 unspecified atom stereocenters. The predicted octanol–water partition coefficient (Wildman–Crippen LogP) is 3.33. The van der Waals surface area contributed by atoms with Gasteiger partial charge in [0.2, 0.25) is 0 Å². The van der Waals surface area contributed by atoms with Crippen molar-refractivity contribution in [2.75, 3.05) is 21.2 Å². The van der Waals surface area contributed by atoms with Gasteiger partial charge in [0.25, 0.3) is 0 Å². The van der Waals surface area contributed by atoms with Gasteiger partial charge in [-0.2, -0.15) is 0 Å². The normalized spacial score (nSPS) is 27.7. The first-order chi connectivity index (χ1) is 10.2. The lowest BCUT2D eigenvalue weighted by atomic mass is 9.73. The average Bonchev–Trinajstić information content (AvgIpc) is 2.70. The van der Waals surface area contributed by atoms with Crippen LogP contribution in [0.4, 0.5) is 0 Å². The quantitative estimate of drug-likeness (QED) is 0.868. The van der Waals surface area contributed by atoms with E-state index in [0.29, 0.717) is 11.3 Å². The second-order valence-corrected chi connectivity index (χ2v) is 7.12. The first-order valence-corrected chi connectivity index (χ1v) is 7.80. The van der Waals surface area contributed by atoms with Gasteiger partial charge in [0, 0.05) is 22.7 Å². The maximum absolute atomic E-state index is 10.2. The number of phenolic OH excluding ortho intramolecular Hbond substituents is 1. The first kappa shape index (κ1) is 16.8. The van der Waals surface area contributed by atoms with Gasteiger partial charge in [0.05, 0.1) is 13.2 Å². The van der Waals surface area contributed by atoms with Gasteiger partial charge in [0.1, 0.15) is 0 Å². The molecule has 1 saturated carbocycles. The number of aromatic hydroxyl groups is 1. The summed E-state index contributed by atoms with van der Waals surface area (Å²) in [5, 5.41) is 10.2. The van der Waals surface area contributed by atoms with E-state index in [9.17, 15) is 5.11 Å². The van der Waals surface area contributed by atoms with Crippen molar-refractivity contribution in [3.63, 3.8) is 0 Å². The number of nitrogens with zero attached hydrogens (tertiary/aromatic N) is 2. The molecule has 1 aliphatic carbocycles. The molecule has 0 aliphatic heterocycles. The molecule has 1 aromatic carbocycles. The van der Waals surface area contributed by atoms with Crippen molar-refractivity contribution in [2.24, 2.45) is 10.4 Å². The fraction of sp³-hybridized carbons (Fsp3) is 0.611. The lowest BCUT2D eigenvalue weighted by Gasteiger charge is -2.45. The molecular weight excluding hydrogens is 276 g/mol. The number of hydrogen-bond donors (Lipinski definition) is 1. The third-order valence-electron chi connectivity index (χ3n) is 5.76. The summed E-state index contributed by atoms with van der Waals surface area (Å²) >= 11 is 0. The lowest BCUT2D eigenvalue weighted by molar-refractivity contribution is 0.0568. The Morgan fingerprint density at radius 2 is 2.00 bits per heavy atom. The van der Waals surface area contributed by atoms with E-state index in [0.717, 1.165) is 12.8 Å². The molecule has 122 valence electrons. The number of aliphatic imine (C=N–C) groups is 1. The van der Waals surface area contributed by atoms with E-state index in [1.165, 1.54) is 0 Å². The summed E-state index contributed by atoms with van der Waals surface area (Å²) in [5.41, 5.74) is 0.904. The molecule has 1 fully saturated rings. The Kier molecular flexibility index (Phi) is 4.52. The van der Waals surface area contributed by atoms with Crippen LogP contribution in [0.2, 0.25) is 0 Å². The largest absolute Gasteiger partial charge is 0.504 e. The zero-order valence-corrected chi connectivity index (χ0v) is 14.6. The minimum Gasteiger partial charge on any atom is -0.504 e. The van der Waals surface area contributed by atoms with Crippen molar-refractivity contribution in [3.05, 3.63) is 23.8 Å². The highest BCUT2D eigenvalue weighted by molar-refractivity contribution is 5.85. The molecule has 22 heavy (non-hydrogen) atoms. The number of para-hydroxylation sites is 1. The fourth-order valence-corrected chi connectivity index (χ4v) is 3.50. The van der Waals surface area contributed by atoms with Crippen LogP contribution in [-0.2, 0) is 0 Å². The van der Waals surface area contributed by atoms with Gasteiger partial charge in [0.15, 0.2) is 11.5 Å². The summed E-state index contributed by atoms with van der Waals surface area (Å²) in [7, 11) is 5.84. The number of methoxy groups -OCH3 is 1. The maximum atomic E-state index is 10.2. The van der Waals surface area contributed by atoms with Crippen LogP contribution >= 0.6 is 0 Å². The van der Waals surface area contributed by atoms with Crippen molar-refractivity contribution >= 4 is 6.21 Å². The number of benzene rings is 1. The molecule has 0 aromatic heterocycles. The Morgan fingerprint density at radius 1 is 1.32 bits per heavy atom. The minimum atomic E-state index is 0.0709. The molecule has 0 radical (unpaired) electrons. The van der Waals surface area contributed by atoms with Gasteiger partial charge in [-0.3, -0.25) is 4.99 Å². The summed E-state index contributed by atoms with van der Waals surface area (Å²) in [6.45, 7) is 6.88. The molecule has 1 aromatic rings. The molecule has 0 amide bonds. The van der Waals surface area contributed by atoms with Crippen molar-refractivity contribution in [2.45, 2.75) is 45.2 Å². The summed E-state index contributed by atoms with van der Waals surface area (Å²) in [6.07, 6.45) is 3.97. The number of rotatable bonds is 4. The molecule has 0 heterocycles. The van der Waals surface area contributed by atoms with Gasteiger partial charge >= 0.3 is 0 Å². The third kappa shape index (κ3) is 2.60. The van der Waals surface area contributed by atoms with Gasteiger partial charge in [-0.25, -0.2) is 0 Å². The molecule has 2 atom stereocenters. The van der Waals surface area contributed by atoms with Crippen molar-refractivity contribution in [1.82, 2.24) is 4.90 Å². The lowest BCUT2D eigenvalue weighted by Crippen LogP contribution is -2.52. The summed E-state index contributed by atoms with van der Waals surface area (Å²) in [4.78, 5) is 7.10. The topological polar surface area (TPSA) is 45.1 Å². The second-order valence-electron chi connectivity index (χ2n) is 7.12. The molecule has 0 spiro atoms. The minimum absolute atomic E-state index is 0.0709. The van der Waals surface area contributed by atoms with Gasteiger partial charge in [-0.1, -0.05) is 19.9 Å². The van der Waals surface area contributed by atoms with Crippen LogP contribution in [0.5, 0.6) is 11.5 Å². The first-order valence-electron chi connectivity index (χ1n) is 7.80. The number of hydrogen-bond acceptors (Lipinski definition) is 4. The second kappa shape index (κ2) is 5.92. The summed E-state index contributed by atoms with van der Waals surface area (Å²) < 4.78 is 5.14. The Bertz CT molecular complexity index is 566. The molecule has 0 saturated heterocycles. The molecule has 1 N–H and O–H groups in total. The fourth-order valence-electron chi connectivity index (χ4n) is 3.50. The van der Waals surface area contributed by atoms with E-state index in [1.807, 2.05) is 12.1 Å². The van der Waals surface area contributed by atoms with Crippen LogP contribution in [0, 0.1) is 5.41 Å². The van der Waals surface area contributed by atoms with Gasteiger partial charge in [-0.05, 0) is 46.0 Å². The van der Waals surface area contributed by atoms with E-state index in [-0.39, 0.29) is 22.7 Å². The van der Waals surface area contributed by atoms with Gasteiger partial charge < -0.3 is 14.7 Å². The van der Waals surface area contributed by atoms with Gasteiger partial charge in [-0.15, -0.1) is 0 Å². The molecule has 2 rings (SSSR count). The van der Waals surface area contributed by atoms with Crippen LogP contribution in [0.3, 0.4) is 0 Å². The Morgan fingerprint density at radius 3 is 2.55 bits per heavy atom. The molecule has 4 nitrogen and oxygen atoms in total. The van der Waals surface area contributed by atoms with E-state index in [2.05, 4.69) is 39.8 Å². The Hall–Kier alpha value is -1.55. The number of ether oxygens (including phenoxy) is 1. The monoisotopic (exact) mass is 304 g/mol. The standard InChI is InChI=1S/C18H28N2O2/c1-17(2)15(10-11-18(17,3)20(4)5)19-12-13-8-7-9-14(22-6)16(13)21/h7-9,12,15,21H,10-11H2,1-6H3/t15-,18+/m0/s1. The predicted molar refractivity (Wildman–Crippen MR) is 91.1 cm³/mol. The average molecular weight is 304 g/mol. The third-order valence-corrected chi connectivity index (χ3v) is 5.76. The van der Waals surface area contributed by atoms with Crippen molar-refractivity contribution in [3.8, 4) is 11.5 Å². The Balaban J connectivity index is 2.25. The maximum Gasteiger partial charge on any atom is 0.166 e. The van der Waals surface area contributed by atoms with E-state index in [4.69, 9.17) is 9.73 Å². The highest BCUT2D eigenvalue weighted by Crippen LogP contribution is 2.50. The highest BCUT2D eigenvalue weighted by atomic mass is 16.5. The zero-order valence-electron chi connectivity index (χ0n) is 14.6. The highest BCUT2D eigenvalue weighted by Gasteiger charge is 2.52. The SMILES string of the molecule is COc1cccc(C=N[C@H]2CC[C@@](C)(N(C)C)C2(C)C)c1O. The van der Waals surface area contributed by atoms with Crippen LogP contribution in [0.15, 0.2) is 23.2 Å². The summed E-state index contributed by atoms with van der Waals surface area (Å²) in [6, 6.07) is 5.71. The van der Waals surface area contributed by atoms with E-state index < -0.39 is 0 Å². The zero-order chi connectivity index (χ0) is 16.5. The summed E-state index contributed by atoms with van der Waals surface area (Å²) in [5.74, 6) is 0.632. The van der Waals surface area contributed by atoms with Crippen LogP contribution in [0.1, 0.15) is 39.2 Å². The smallest absolute Gasteiger partial charge is 0.166 e. The van der Waals surface area contributed by atoms with Crippen LogP contribution in [0.25, 0.3) is 0 Å². The van der Waals surface area contributed by atoms with Crippen molar-refractivity contribution in [1.29, 1.82) is 0 Å². The van der Waals surface area contributed by atoms with Crippen LogP contribution < -0.4 is 4.74 Å². The van der Waals surface area contributed by atoms with Crippen LogP contribution in [-0.4, -0.2) is 49.0 Å². The molecular formula is C18H28N2O2. The van der Waals surface area contributed by atoms with E-state index >= 15 is 0 Å².